The van der Waals surface area contributed by atoms with Gasteiger partial charge in [-0.15, -0.1) is 0 Å². The maximum absolute atomic E-state index is 13.4. The van der Waals surface area contributed by atoms with Crippen molar-refractivity contribution < 1.29 is 34.1 Å². The Balaban J connectivity index is 1.81. The Bertz CT molecular complexity index is 1220. The monoisotopic (exact) mass is 522 g/mol. The molecule has 0 bridgehead atoms. The third kappa shape index (κ3) is 5.30. The smallest absolute Gasteiger partial charge is 0.247 e. The van der Waals surface area contributed by atoms with Crippen molar-refractivity contribution in [1.29, 1.82) is 0 Å². The lowest BCUT2D eigenvalue weighted by atomic mass is 9.77. The lowest BCUT2D eigenvalue weighted by molar-refractivity contribution is -0.138. The third-order valence-corrected chi connectivity index (χ3v) is 7.03. The minimum Gasteiger partial charge on any atom is -0.493 e. The van der Waals surface area contributed by atoms with Crippen LogP contribution in [-0.2, 0) is 16.1 Å². The molecule has 4 rings (SSSR count). The van der Waals surface area contributed by atoms with Gasteiger partial charge in [-0.3, -0.25) is 14.4 Å². The van der Waals surface area contributed by atoms with Gasteiger partial charge in [0.25, 0.3) is 0 Å². The fraction of sp³-hybridized carbons (Fsp3) is 0.414. The second-order valence-corrected chi connectivity index (χ2v) is 9.66. The largest absolute Gasteiger partial charge is 0.493 e. The first-order valence-electron chi connectivity index (χ1n) is 12.8. The zero-order valence-corrected chi connectivity index (χ0v) is 21.8. The van der Waals surface area contributed by atoms with E-state index in [9.17, 15) is 24.6 Å². The minimum absolute atomic E-state index is 0.0358. The van der Waals surface area contributed by atoms with E-state index in [1.807, 2.05) is 38.1 Å². The molecule has 0 radical (unpaired) electrons. The zero-order valence-electron chi connectivity index (χ0n) is 21.8. The number of ether oxygens (including phenoxy) is 2. The molecule has 0 aromatic heterocycles. The van der Waals surface area contributed by atoms with Gasteiger partial charge in [0.15, 0.2) is 11.5 Å². The molecule has 9 nitrogen and oxygen atoms in total. The van der Waals surface area contributed by atoms with Gasteiger partial charge in [-0.1, -0.05) is 36.8 Å². The number of benzene rings is 2. The number of hydrogen-bond donors (Lipinski definition) is 3. The van der Waals surface area contributed by atoms with Gasteiger partial charge in [-0.2, -0.15) is 0 Å². The highest BCUT2D eigenvalue weighted by molar-refractivity contribution is 5.96. The molecule has 0 saturated carbocycles. The molecule has 38 heavy (non-hydrogen) atoms. The average Bonchev–Trinajstić information content (AvgIpc) is 3.31. The normalized spacial score (nSPS) is 21.4. The Hall–Kier alpha value is -3.69. The summed E-state index contributed by atoms with van der Waals surface area (Å²) in [6.45, 7) is 3.92. The molecule has 1 heterocycles. The number of rotatable bonds is 10. The molecule has 9 heteroatoms. The Kier molecular flexibility index (Phi) is 8.48. The summed E-state index contributed by atoms with van der Waals surface area (Å²) in [6.07, 6.45) is 1.14. The first kappa shape index (κ1) is 27.3. The summed E-state index contributed by atoms with van der Waals surface area (Å²) in [4.78, 5) is 39.9. The van der Waals surface area contributed by atoms with Gasteiger partial charge in [0.05, 0.1) is 25.7 Å². The second kappa shape index (κ2) is 11.8. The van der Waals surface area contributed by atoms with E-state index in [1.54, 1.807) is 17.0 Å². The standard InChI is InChI=1S/C29H34N2O7/c1-4-5-24(34)31(15-18-8-6-17(2)7-9-18)22-14-21(29(36)30-10-11-32)25-20-12-19(16-33)13-23(37-3)27(20)38-28(25)26(22)35/h6-9,12-14,16,22,25-26,28,32,35H,4-5,10-11,15H2,1-3H3,(H,30,36)/t22-,25+,26+,28+/m1/s1. The Morgan fingerprint density at radius 3 is 2.58 bits per heavy atom. The van der Waals surface area contributed by atoms with Crippen LogP contribution in [0.3, 0.4) is 0 Å². The van der Waals surface area contributed by atoms with E-state index >= 15 is 0 Å². The van der Waals surface area contributed by atoms with Crippen molar-refractivity contribution in [1.82, 2.24) is 10.2 Å². The summed E-state index contributed by atoms with van der Waals surface area (Å²) in [5.41, 5.74) is 3.16. The van der Waals surface area contributed by atoms with Crippen LogP contribution in [0.1, 0.15) is 52.7 Å². The Labute approximate surface area is 222 Å². The number of fused-ring (bicyclic) bond motifs is 3. The van der Waals surface area contributed by atoms with Crippen molar-refractivity contribution in [3.8, 4) is 11.5 Å². The number of methoxy groups -OCH3 is 1. The van der Waals surface area contributed by atoms with Crippen LogP contribution in [0, 0.1) is 6.92 Å². The fourth-order valence-electron chi connectivity index (χ4n) is 5.17. The molecule has 1 aliphatic carbocycles. The Morgan fingerprint density at radius 1 is 1.21 bits per heavy atom. The van der Waals surface area contributed by atoms with Crippen molar-refractivity contribution in [3.63, 3.8) is 0 Å². The summed E-state index contributed by atoms with van der Waals surface area (Å²) in [6, 6.07) is 10.1. The molecule has 0 spiro atoms. The van der Waals surface area contributed by atoms with E-state index in [2.05, 4.69) is 5.32 Å². The van der Waals surface area contributed by atoms with Crippen LogP contribution in [0.4, 0.5) is 0 Å². The summed E-state index contributed by atoms with van der Waals surface area (Å²) in [5.74, 6) is -0.643. The molecule has 1 aliphatic heterocycles. The average molecular weight is 523 g/mol. The first-order valence-corrected chi connectivity index (χ1v) is 12.8. The maximum atomic E-state index is 13.4. The molecular formula is C29H34N2O7. The number of carbonyl (C=O) groups excluding carboxylic acids is 3. The number of nitrogens with one attached hydrogen (secondary N) is 1. The fourth-order valence-corrected chi connectivity index (χ4v) is 5.17. The molecule has 0 fully saturated rings. The molecule has 202 valence electrons. The number of aldehydes is 1. The number of carbonyl (C=O) groups is 3. The van der Waals surface area contributed by atoms with Crippen LogP contribution >= 0.6 is 0 Å². The molecule has 4 atom stereocenters. The zero-order chi connectivity index (χ0) is 27.4. The SMILES string of the molecule is CCCC(=O)N(Cc1ccc(C)cc1)[C@@H]1C=C(C(=O)NCCO)[C@@H]2c3cc(C=O)cc(OC)c3O[C@@H]2[C@H]1O. The Morgan fingerprint density at radius 2 is 1.95 bits per heavy atom. The second-order valence-electron chi connectivity index (χ2n) is 9.66. The predicted octanol–water partition coefficient (Wildman–Crippen LogP) is 2.27. The highest BCUT2D eigenvalue weighted by Gasteiger charge is 2.51. The third-order valence-electron chi connectivity index (χ3n) is 7.03. The molecule has 0 saturated heterocycles. The van der Waals surface area contributed by atoms with Crippen LogP contribution < -0.4 is 14.8 Å². The van der Waals surface area contributed by atoms with Crippen molar-refractivity contribution >= 4 is 18.1 Å². The van der Waals surface area contributed by atoms with Crippen LogP contribution in [0.15, 0.2) is 48.0 Å². The summed E-state index contributed by atoms with van der Waals surface area (Å²) >= 11 is 0. The van der Waals surface area contributed by atoms with Gasteiger partial charge < -0.3 is 29.9 Å². The van der Waals surface area contributed by atoms with Gasteiger partial charge in [-0.25, -0.2) is 0 Å². The summed E-state index contributed by atoms with van der Waals surface area (Å²) in [5, 5.41) is 23.6. The number of hydrogen-bond acceptors (Lipinski definition) is 7. The quantitative estimate of drug-likeness (QED) is 0.409. The van der Waals surface area contributed by atoms with E-state index in [0.29, 0.717) is 40.9 Å². The lowest BCUT2D eigenvalue weighted by Crippen LogP contribution is -2.55. The summed E-state index contributed by atoms with van der Waals surface area (Å²) < 4.78 is 11.7. The lowest BCUT2D eigenvalue weighted by Gasteiger charge is -2.40. The molecule has 2 aromatic rings. The molecule has 2 aliphatic rings. The number of aliphatic hydroxyl groups is 2. The van der Waals surface area contributed by atoms with Crippen molar-refractivity contribution in [3.05, 3.63) is 70.3 Å². The maximum Gasteiger partial charge on any atom is 0.247 e. The number of nitrogens with zero attached hydrogens (tertiary/aromatic N) is 1. The van der Waals surface area contributed by atoms with E-state index in [-0.39, 0.29) is 32.0 Å². The van der Waals surface area contributed by atoms with Crippen molar-refractivity contribution in [2.24, 2.45) is 0 Å². The van der Waals surface area contributed by atoms with E-state index in [1.165, 1.54) is 13.2 Å². The highest BCUT2D eigenvalue weighted by atomic mass is 16.5. The molecule has 3 N–H and O–H groups in total. The van der Waals surface area contributed by atoms with Crippen LogP contribution in [0.25, 0.3) is 0 Å². The van der Waals surface area contributed by atoms with Gasteiger partial charge in [0.2, 0.25) is 11.8 Å². The van der Waals surface area contributed by atoms with E-state index in [4.69, 9.17) is 9.47 Å². The number of aryl methyl sites for hydroxylation is 1. The van der Waals surface area contributed by atoms with E-state index < -0.39 is 30.1 Å². The predicted molar refractivity (Wildman–Crippen MR) is 140 cm³/mol. The number of amides is 2. The summed E-state index contributed by atoms with van der Waals surface area (Å²) in [7, 11) is 1.45. The van der Waals surface area contributed by atoms with Crippen molar-refractivity contribution in [2.45, 2.75) is 57.4 Å². The van der Waals surface area contributed by atoms with Gasteiger partial charge in [0, 0.05) is 36.2 Å². The van der Waals surface area contributed by atoms with Crippen LogP contribution in [-0.4, -0.2) is 71.7 Å². The van der Waals surface area contributed by atoms with Crippen molar-refractivity contribution in [2.75, 3.05) is 20.3 Å². The highest BCUT2D eigenvalue weighted by Crippen LogP contribution is 2.51. The molecule has 0 unspecified atom stereocenters. The first-order chi connectivity index (χ1) is 18.3. The van der Waals surface area contributed by atoms with Gasteiger partial charge in [0.1, 0.15) is 18.5 Å². The van der Waals surface area contributed by atoms with Crippen LogP contribution in [0.5, 0.6) is 11.5 Å². The minimum atomic E-state index is -1.17. The van der Waals surface area contributed by atoms with E-state index in [0.717, 1.165) is 11.1 Å². The van der Waals surface area contributed by atoms with Gasteiger partial charge in [-0.05, 0) is 37.1 Å². The van der Waals surface area contributed by atoms with Crippen LogP contribution in [0.2, 0.25) is 0 Å². The molecule has 2 aromatic carbocycles. The molecule has 2 amide bonds. The number of aliphatic hydroxyl groups excluding tert-OH is 2. The topological polar surface area (TPSA) is 125 Å². The van der Waals surface area contributed by atoms with Gasteiger partial charge >= 0.3 is 0 Å². The molecular weight excluding hydrogens is 488 g/mol.